The summed E-state index contributed by atoms with van der Waals surface area (Å²) >= 11 is 0. The normalized spacial score (nSPS) is 22.9. The molecule has 36 heavy (non-hydrogen) atoms. The molecule has 1 aromatic rings. The van der Waals surface area contributed by atoms with Gasteiger partial charge in [0.15, 0.2) is 0 Å². The van der Waals surface area contributed by atoms with Crippen LogP contribution >= 0.6 is 0 Å². The number of likely N-dealkylation sites (N-methyl/N-ethyl adjacent to an activating group) is 1. The molecule has 3 aliphatic heterocycles. The summed E-state index contributed by atoms with van der Waals surface area (Å²) < 4.78 is 25.7. The van der Waals surface area contributed by atoms with Crippen LogP contribution in [-0.2, 0) is 25.3 Å². The number of hydrogen-bond donors (Lipinski definition) is 0. The van der Waals surface area contributed by atoms with Gasteiger partial charge in [0.1, 0.15) is 23.3 Å². The molecule has 3 saturated heterocycles. The molecule has 0 radical (unpaired) electrons. The van der Waals surface area contributed by atoms with Gasteiger partial charge >= 0.3 is 0 Å². The molecule has 3 atom stereocenters. The van der Waals surface area contributed by atoms with Gasteiger partial charge in [-0.3, -0.25) is 14.5 Å². The second kappa shape index (κ2) is 12.0. The average molecular weight is 521 g/mol. The topological polar surface area (TPSA) is 82.6 Å². The van der Waals surface area contributed by atoms with Crippen molar-refractivity contribution >= 4 is 22.8 Å². The van der Waals surface area contributed by atoms with Crippen molar-refractivity contribution in [3.05, 3.63) is 23.3 Å². The molecule has 9 nitrogen and oxygen atoms in total. The van der Waals surface area contributed by atoms with E-state index >= 15 is 0 Å². The summed E-state index contributed by atoms with van der Waals surface area (Å²) in [4.78, 5) is 32.2. The van der Waals surface area contributed by atoms with Crippen molar-refractivity contribution < 1.29 is 23.3 Å². The second-order valence-electron chi connectivity index (χ2n) is 10.3. The van der Waals surface area contributed by atoms with Gasteiger partial charge in [0, 0.05) is 51.6 Å². The van der Waals surface area contributed by atoms with E-state index in [-0.39, 0.29) is 18.4 Å². The van der Waals surface area contributed by atoms with Gasteiger partial charge in [0.05, 0.1) is 25.2 Å². The van der Waals surface area contributed by atoms with Gasteiger partial charge in [-0.1, -0.05) is 0 Å². The maximum absolute atomic E-state index is 13.0. The Balaban J connectivity index is 1.16. The number of amides is 2. The lowest BCUT2D eigenvalue weighted by Crippen LogP contribution is -2.41. The van der Waals surface area contributed by atoms with Crippen molar-refractivity contribution in [2.45, 2.75) is 31.6 Å². The van der Waals surface area contributed by atoms with E-state index in [1.807, 2.05) is 35.8 Å². The number of hydrogen-bond acceptors (Lipinski definition) is 6. The largest absolute Gasteiger partial charge is 0.497 e. The van der Waals surface area contributed by atoms with E-state index in [1.165, 1.54) is 12.8 Å². The van der Waals surface area contributed by atoms with E-state index in [9.17, 15) is 13.8 Å². The summed E-state index contributed by atoms with van der Waals surface area (Å²) in [5, 5.41) is 0. The first-order valence-electron chi connectivity index (χ1n) is 12.9. The molecule has 0 aromatic heterocycles. The van der Waals surface area contributed by atoms with Crippen LogP contribution in [0.1, 0.15) is 24.0 Å². The van der Waals surface area contributed by atoms with Gasteiger partial charge in [0.25, 0.3) is 0 Å². The standard InChI is InChI=1S/C26H40N4O5S/c1-19-11-23(34-4)12-20(2)26(19)36(33)27(3)9-10-35-18-25(32)30-15-21-13-29(14-22(21)16-30)24(31)17-28-7-5-6-8-28/h11-12,21-22H,5-10,13-18H2,1-4H3/t21-,22+,36?. The summed E-state index contributed by atoms with van der Waals surface area (Å²) in [5.41, 5.74) is 1.84. The van der Waals surface area contributed by atoms with Crippen LogP contribution in [0.25, 0.3) is 0 Å². The molecule has 0 saturated carbocycles. The molecule has 200 valence electrons. The number of likely N-dealkylation sites (tertiary alicyclic amines) is 3. The second-order valence-corrected chi connectivity index (χ2v) is 11.9. The van der Waals surface area contributed by atoms with Crippen molar-refractivity contribution in [2.75, 3.05) is 79.7 Å². The number of fused-ring (bicyclic) bond motifs is 1. The third kappa shape index (κ3) is 6.27. The van der Waals surface area contributed by atoms with Gasteiger partial charge in [-0.25, -0.2) is 8.51 Å². The van der Waals surface area contributed by atoms with E-state index in [4.69, 9.17) is 9.47 Å². The van der Waals surface area contributed by atoms with Crippen molar-refractivity contribution in [3.63, 3.8) is 0 Å². The Morgan fingerprint density at radius 2 is 1.56 bits per heavy atom. The summed E-state index contributed by atoms with van der Waals surface area (Å²) in [6, 6.07) is 3.77. The van der Waals surface area contributed by atoms with Gasteiger partial charge in [-0.15, -0.1) is 0 Å². The summed E-state index contributed by atoms with van der Waals surface area (Å²) in [7, 11) is 2.09. The van der Waals surface area contributed by atoms with Crippen LogP contribution in [0.5, 0.6) is 5.75 Å². The van der Waals surface area contributed by atoms with E-state index in [1.54, 1.807) is 18.5 Å². The van der Waals surface area contributed by atoms with E-state index < -0.39 is 11.0 Å². The van der Waals surface area contributed by atoms with Crippen LogP contribution in [-0.4, -0.2) is 115 Å². The molecule has 0 spiro atoms. The number of carbonyl (C=O) groups is 2. The Morgan fingerprint density at radius 1 is 1.00 bits per heavy atom. The Hall–Kier alpha value is -2.01. The van der Waals surface area contributed by atoms with E-state index in [2.05, 4.69) is 4.90 Å². The highest BCUT2D eigenvalue weighted by Gasteiger charge is 2.43. The minimum absolute atomic E-state index is 0.00929. The first kappa shape index (κ1) is 27.0. The number of benzene rings is 1. The van der Waals surface area contributed by atoms with Crippen LogP contribution in [0.2, 0.25) is 0 Å². The zero-order valence-electron chi connectivity index (χ0n) is 22.0. The lowest BCUT2D eigenvalue weighted by atomic mass is 10.0. The highest BCUT2D eigenvalue weighted by Crippen LogP contribution is 2.31. The number of methoxy groups -OCH3 is 1. The summed E-state index contributed by atoms with van der Waals surface area (Å²) in [6.45, 7) is 10.1. The summed E-state index contributed by atoms with van der Waals surface area (Å²) in [5.74, 6) is 1.70. The Bertz CT molecular complexity index is 946. The van der Waals surface area contributed by atoms with Crippen molar-refractivity contribution in [3.8, 4) is 5.75 Å². The van der Waals surface area contributed by atoms with Crippen LogP contribution in [0.3, 0.4) is 0 Å². The third-order valence-electron chi connectivity index (χ3n) is 7.65. The monoisotopic (exact) mass is 520 g/mol. The Labute approximate surface area is 217 Å². The molecule has 0 N–H and O–H groups in total. The maximum Gasteiger partial charge on any atom is 0.248 e. The molecule has 3 aliphatic rings. The molecule has 1 aromatic carbocycles. The van der Waals surface area contributed by atoms with Gasteiger partial charge in [-0.2, -0.15) is 0 Å². The molecule has 1 unspecified atom stereocenters. The number of rotatable bonds is 10. The number of carbonyl (C=O) groups excluding carboxylic acids is 2. The molecule has 4 rings (SSSR count). The third-order valence-corrected chi connectivity index (χ3v) is 9.39. The molecule has 0 bridgehead atoms. The Kier molecular flexibility index (Phi) is 9.03. The fraction of sp³-hybridized carbons (Fsp3) is 0.692. The zero-order valence-corrected chi connectivity index (χ0v) is 22.8. The molecule has 0 aliphatic carbocycles. The molecule has 3 fully saturated rings. The summed E-state index contributed by atoms with van der Waals surface area (Å²) in [6.07, 6.45) is 2.38. The van der Waals surface area contributed by atoms with Crippen LogP contribution in [0.15, 0.2) is 17.0 Å². The molecule has 10 heteroatoms. The van der Waals surface area contributed by atoms with Gasteiger partial charge in [-0.05, 0) is 63.0 Å². The SMILES string of the molecule is COc1cc(C)c(S(=O)N(C)CCOCC(=O)N2C[C@@H]3CN(C(=O)CN4CCCC4)C[C@@H]3C2)c(C)c1. The quantitative estimate of drug-likeness (QED) is 0.433. The van der Waals surface area contributed by atoms with Crippen molar-refractivity contribution in [1.82, 2.24) is 19.0 Å². The van der Waals surface area contributed by atoms with Gasteiger partial charge in [0.2, 0.25) is 11.8 Å². The highest BCUT2D eigenvalue weighted by atomic mass is 32.2. The minimum Gasteiger partial charge on any atom is -0.497 e. The fourth-order valence-electron chi connectivity index (χ4n) is 5.62. The predicted octanol–water partition coefficient (Wildman–Crippen LogP) is 1.30. The highest BCUT2D eigenvalue weighted by molar-refractivity contribution is 7.82. The minimum atomic E-state index is -1.32. The smallest absolute Gasteiger partial charge is 0.248 e. The molecule has 3 heterocycles. The van der Waals surface area contributed by atoms with Crippen LogP contribution < -0.4 is 4.74 Å². The molecule has 2 amide bonds. The number of ether oxygens (including phenoxy) is 2. The molecular formula is C26H40N4O5S. The maximum atomic E-state index is 13.0. The first-order valence-corrected chi connectivity index (χ1v) is 14.0. The predicted molar refractivity (Wildman–Crippen MR) is 138 cm³/mol. The zero-order chi connectivity index (χ0) is 25.8. The average Bonchev–Trinajstić information content (AvgIpc) is 3.57. The van der Waals surface area contributed by atoms with Crippen molar-refractivity contribution in [1.29, 1.82) is 0 Å². The van der Waals surface area contributed by atoms with Gasteiger partial charge < -0.3 is 19.3 Å². The van der Waals surface area contributed by atoms with Crippen LogP contribution in [0.4, 0.5) is 0 Å². The number of aryl methyl sites for hydroxylation is 2. The lowest BCUT2D eigenvalue weighted by molar-refractivity contribution is -0.135. The lowest BCUT2D eigenvalue weighted by Gasteiger charge is -2.24. The number of nitrogens with zero attached hydrogens (tertiary/aromatic N) is 4. The first-order chi connectivity index (χ1) is 17.3. The fourth-order valence-corrected chi connectivity index (χ4v) is 6.84. The van der Waals surface area contributed by atoms with Crippen LogP contribution in [0, 0.1) is 25.7 Å². The Morgan fingerprint density at radius 3 is 2.11 bits per heavy atom. The molecular weight excluding hydrogens is 480 g/mol. The van der Waals surface area contributed by atoms with E-state index in [0.717, 1.165) is 48.0 Å². The van der Waals surface area contributed by atoms with E-state index in [0.29, 0.717) is 44.6 Å². The van der Waals surface area contributed by atoms with Crippen molar-refractivity contribution in [2.24, 2.45) is 11.8 Å².